The van der Waals surface area contributed by atoms with E-state index >= 15 is 0 Å². The Bertz CT molecular complexity index is 774. The molecule has 29 heavy (non-hydrogen) atoms. The molecule has 3 rings (SSSR count). The number of nitrogens with one attached hydrogen (secondary N) is 1. The number of rotatable bonds is 8. The summed E-state index contributed by atoms with van der Waals surface area (Å²) in [6.45, 7) is 1.54. The highest BCUT2D eigenvalue weighted by molar-refractivity contribution is 7.98. The van der Waals surface area contributed by atoms with Crippen LogP contribution < -0.4 is 5.32 Å². The Morgan fingerprint density at radius 2 is 1.66 bits per heavy atom. The molecular weight excluding hydrogens is 380 g/mol. The van der Waals surface area contributed by atoms with Crippen LogP contribution in [0, 0.1) is 5.92 Å². The zero-order valence-electron chi connectivity index (χ0n) is 17.0. The van der Waals surface area contributed by atoms with Gasteiger partial charge >= 0.3 is 0 Å². The first-order chi connectivity index (χ1) is 14.2. The maximum absolute atomic E-state index is 13.1. The molecule has 1 aliphatic rings. The molecule has 0 radical (unpaired) electrons. The van der Waals surface area contributed by atoms with Crippen molar-refractivity contribution in [2.75, 3.05) is 25.1 Å². The Balaban J connectivity index is 1.56. The normalized spacial score (nSPS) is 15.7. The highest BCUT2D eigenvalue weighted by Gasteiger charge is 2.29. The second kappa shape index (κ2) is 11.1. The van der Waals surface area contributed by atoms with Gasteiger partial charge in [0.15, 0.2) is 0 Å². The molecule has 154 valence electrons. The lowest BCUT2D eigenvalue weighted by molar-refractivity contribution is -0.134. The van der Waals surface area contributed by atoms with Crippen LogP contribution in [0.1, 0.15) is 35.2 Å². The first kappa shape index (κ1) is 21.4. The number of carbonyl (C=O) groups is 2. The van der Waals surface area contributed by atoms with E-state index in [0.717, 1.165) is 38.1 Å². The second-order valence-electron chi connectivity index (χ2n) is 7.63. The van der Waals surface area contributed by atoms with Crippen molar-refractivity contribution in [3.63, 3.8) is 0 Å². The van der Waals surface area contributed by atoms with Crippen LogP contribution in [0.15, 0.2) is 60.7 Å². The molecule has 1 heterocycles. The van der Waals surface area contributed by atoms with Crippen molar-refractivity contribution in [1.29, 1.82) is 0 Å². The maximum atomic E-state index is 13.1. The van der Waals surface area contributed by atoms with Gasteiger partial charge in [0.2, 0.25) is 5.91 Å². The average Bonchev–Trinajstić information content (AvgIpc) is 2.78. The Morgan fingerprint density at radius 1 is 1.03 bits per heavy atom. The summed E-state index contributed by atoms with van der Waals surface area (Å²) in [5.74, 6) is 1.34. The molecule has 0 aromatic heterocycles. The summed E-state index contributed by atoms with van der Waals surface area (Å²) in [7, 11) is 0. The van der Waals surface area contributed by atoms with Gasteiger partial charge in [-0.2, -0.15) is 11.8 Å². The topological polar surface area (TPSA) is 49.4 Å². The van der Waals surface area contributed by atoms with Crippen molar-refractivity contribution in [1.82, 2.24) is 10.2 Å². The van der Waals surface area contributed by atoms with Crippen LogP contribution in [-0.4, -0.2) is 47.9 Å². The first-order valence-electron chi connectivity index (χ1n) is 10.3. The number of carbonyl (C=O) groups excluding carboxylic acids is 2. The van der Waals surface area contributed by atoms with Gasteiger partial charge in [0.25, 0.3) is 5.91 Å². The third-order valence-electron chi connectivity index (χ3n) is 5.54. The average molecular weight is 411 g/mol. The lowest BCUT2D eigenvalue weighted by Crippen LogP contribution is -2.51. The van der Waals surface area contributed by atoms with E-state index < -0.39 is 6.04 Å². The van der Waals surface area contributed by atoms with Gasteiger partial charge in [0, 0.05) is 18.7 Å². The van der Waals surface area contributed by atoms with Crippen molar-refractivity contribution in [2.45, 2.75) is 31.7 Å². The number of piperidine rings is 1. The van der Waals surface area contributed by atoms with Crippen LogP contribution in [0.4, 0.5) is 0 Å². The fourth-order valence-corrected chi connectivity index (χ4v) is 4.32. The highest BCUT2D eigenvalue weighted by atomic mass is 32.2. The van der Waals surface area contributed by atoms with E-state index in [1.165, 1.54) is 5.56 Å². The Kier molecular flexibility index (Phi) is 8.17. The molecule has 0 aliphatic carbocycles. The van der Waals surface area contributed by atoms with Crippen LogP contribution in [0.5, 0.6) is 0 Å². The number of hydrogen-bond acceptors (Lipinski definition) is 3. The minimum atomic E-state index is -0.458. The molecule has 1 aliphatic heterocycles. The standard InChI is InChI=1S/C24H30N2O2S/c1-29-17-14-22(25-23(27)21-10-6-3-7-11-21)24(28)26-15-12-20(13-16-26)18-19-8-4-2-5-9-19/h2-11,20,22H,12-18H2,1H3,(H,25,27). The van der Waals surface area contributed by atoms with Crippen molar-refractivity contribution in [3.8, 4) is 0 Å². The van der Waals surface area contributed by atoms with E-state index in [0.29, 0.717) is 17.9 Å². The highest BCUT2D eigenvalue weighted by Crippen LogP contribution is 2.22. The fraction of sp³-hybridized carbons (Fsp3) is 0.417. The van der Waals surface area contributed by atoms with Gasteiger partial charge < -0.3 is 10.2 Å². The van der Waals surface area contributed by atoms with Gasteiger partial charge in [-0.25, -0.2) is 0 Å². The summed E-state index contributed by atoms with van der Waals surface area (Å²) in [5, 5.41) is 2.97. The molecule has 1 saturated heterocycles. The van der Waals surface area contributed by atoms with Crippen LogP contribution >= 0.6 is 11.8 Å². The summed E-state index contributed by atoms with van der Waals surface area (Å²) >= 11 is 1.70. The third kappa shape index (κ3) is 6.36. The van der Waals surface area contributed by atoms with Gasteiger partial charge in [-0.05, 0) is 61.3 Å². The molecule has 1 fully saturated rings. The van der Waals surface area contributed by atoms with Gasteiger partial charge in [-0.3, -0.25) is 9.59 Å². The Labute approximate surface area is 178 Å². The van der Waals surface area contributed by atoms with E-state index in [1.54, 1.807) is 23.9 Å². The molecule has 2 aromatic rings. The summed E-state index contributed by atoms with van der Waals surface area (Å²) in [4.78, 5) is 27.7. The van der Waals surface area contributed by atoms with Crippen molar-refractivity contribution in [3.05, 3.63) is 71.8 Å². The molecule has 1 unspecified atom stereocenters. The van der Waals surface area contributed by atoms with Crippen molar-refractivity contribution in [2.24, 2.45) is 5.92 Å². The van der Waals surface area contributed by atoms with Crippen LogP contribution in [0.3, 0.4) is 0 Å². The van der Waals surface area contributed by atoms with E-state index in [2.05, 4.69) is 29.6 Å². The second-order valence-corrected chi connectivity index (χ2v) is 8.62. The summed E-state index contributed by atoms with van der Waals surface area (Å²) in [6, 6.07) is 19.2. The smallest absolute Gasteiger partial charge is 0.251 e. The number of nitrogens with zero attached hydrogens (tertiary/aromatic N) is 1. The molecular formula is C24H30N2O2S. The largest absolute Gasteiger partial charge is 0.341 e. The summed E-state index contributed by atoms with van der Waals surface area (Å²) in [5.41, 5.74) is 1.96. The zero-order valence-corrected chi connectivity index (χ0v) is 17.9. The van der Waals surface area contributed by atoms with Crippen LogP contribution in [0.25, 0.3) is 0 Å². The van der Waals surface area contributed by atoms with Crippen LogP contribution in [-0.2, 0) is 11.2 Å². The number of amides is 2. The zero-order chi connectivity index (χ0) is 20.5. The van der Waals surface area contributed by atoms with Crippen molar-refractivity contribution < 1.29 is 9.59 Å². The third-order valence-corrected chi connectivity index (χ3v) is 6.19. The van der Waals surface area contributed by atoms with E-state index in [-0.39, 0.29) is 11.8 Å². The number of hydrogen-bond donors (Lipinski definition) is 1. The lowest BCUT2D eigenvalue weighted by atomic mass is 9.90. The van der Waals surface area contributed by atoms with E-state index in [4.69, 9.17) is 0 Å². The SMILES string of the molecule is CSCCC(NC(=O)c1ccccc1)C(=O)N1CCC(Cc2ccccc2)CC1. The molecule has 0 saturated carbocycles. The number of benzene rings is 2. The molecule has 2 amide bonds. The molecule has 0 spiro atoms. The molecule has 0 bridgehead atoms. The summed E-state index contributed by atoms with van der Waals surface area (Å²) < 4.78 is 0. The molecule has 2 aromatic carbocycles. The fourth-order valence-electron chi connectivity index (χ4n) is 3.85. The Morgan fingerprint density at radius 3 is 2.28 bits per heavy atom. The minimum absolute atomic E-state index is 0.0569. The Hall–Kier alpha value is -2.27. The maximum Gasteiger partial charge on any atom is 0.251 e. The van der Waals surface area contributed by atoms with Gasteiger partial charge in [-0.1, -0.05) is 48.5 Å². The monoisotopic (exact) mass is 410 g/mol. The van der Waals surface area contributed by atoms with E-state index in [9.17, 15) is 9.59 Å². The first-order valence-corrected chi connectivity index (χ1v) is 11.7. The number of thioether (sulfide) groups is 1. The molecule has 1 N–H and O–H groups in total. The van der Waals surface area contributed by atoms with E-state index in [1.807, 2.05) is 35.4 Å². The minimum Gasteiger partial charge on any atom is -0.341 e. The van der Waals surface area contributed by atoms with Crippen molar-refractivity contribution >= 4 is 23.6 Å². The van der Waals surface area contributed by atoms with Gasteiger partial charge in [0.1, 0.15) is 6.04 Å². The summed E-state index contributed by atoms with van der Waals surface area (Å²) in [6.07, 6.45) is 5.78. The van der Waals surface area contributed by atoms with Gasteiger partial charge in [0.05, 0.1) is 0 Å². The molecule has 5 heteroatoms. The quantitative estimate of drug-likeness (QED) is 0.715. The number of likely N-dealkylation sites (tertiary alicyclic amines) is 1. The van der Waals surface area contributed by atoms with Crippen LogP contribution in [0.2, 0.25) is 0 Å². The molecule has 4 nitrogen and oxygen atoms in total. The molecule has 1 atom stereocenters. The van der Waals surface area contributed by atoms with Gasteiger partial charge in [-0.15, -0.1) is 0 Å². The predicted octanol–water partition coefficient (Wildman–Crippen LogP) is 4.02. The predicted molar refractivity (Wildman–Crippen MR) is 120 cm³/mol. The lowest BCUT2D eigenvalue weighted by Gasteiger charge is -2.34.